The summed E-state index contributed by atoms with van der Waals surface area (Å²) < 4.78 is 5.41. The summed E-state index contributed by atoms with van der Waals surface area (Å²) in [6.07, 6.45) is 5.45. The molecule has 3 aliphatic heterocycles. The molecule has 1 aromatic carbocycles. The molecule has 2 aromatic rings. The highest BCUT2D eigenvalue weighted by Crippen LogP contribution is 2.34. The van der Waals surface area contributed by atoms with Crippen LogP contribution in [-0.4, -0.2) is 54.5 Å². The van der Waals surface area contributed by atoms with Crippen molar-refractivity contribution in [3.63, 3.8) is 0 Å². The topological polar surface area (TPSA) is 86.5 Å². The number of aromatic nitrogens is 1. The van der Waals surface area contributed by atoms with Gasteiger partial charge in [0.05, 0.1) is 13.2 Å². The van der Waals surface area contributed by atoms with Crippen LogP contribution in [0.2, 0.25) is 0 Å². The summed E-state index contributed by atoms with van der Waals surface area (Å²) in [6, 6.07) is 8.09. The maximum atomic E-state index is 12.6. The van der Waals surface area contributed by atoms with Crippen molar-refractivity contribution in [1.29, 1.82) is 0 Å². The monoisotopic (exact) mass is 442 g/mol. The number of anilines is 1. The largest absolute Gasteiger partial charge is 0.379 e. The number of fused-ring (bicyclic) bond motifs is 1. The second kappa shape index (κ2) is 9.26. The average molecular weight is 443 g/mol. The first-order valence-electron chi connectivity index (χ1n) is 10.6. The summed E-state index contributed by atoms with van der Waals surface area (Å²) in [5.41, 5.74) is 5.60. The van der Waals surface area contributed by atoms with Crippen LogP contribution in [-0.2, 0) is 27.3 Å². The fourth-order valence-electron chi connectivity index (χ4n) is 4.43. The number of aromatic amines is 1. The van der Waals surface area contributed by atoms with Crippen molar-refractivity contribution in [1.82, 2.24) is 15.2 Å². The van der Waals surface area contributed by atoms with Crippen LogP contribution >= 0.6 is 12.4 Å². The zero-order valence-electron chi connectivity index (χ0n) is 17.3. The van der Waals surface area contributed by atoms with Gasteiger partial charge < -0.3 is 20.4 Å². The Morgan fingerprint density at radius 3 is 2.77 bits per heavy atom. The Kier molecular flexibility index (Phi) is 6.46. The fourth-order valence-corrected chi connectivity index (χ4v) is 4.43. The molecule has 0 spiro atoms. The highest BCUT2D eigenvalue weighted by Gasteiger charge is 2.27. The summed E-state index contributed by atoms with van der Waals surface area (Å²) in [5, 5.41) is 5.84. The number of rotatable bonds is 5. The minimum atomic E-state index is -0.0864. The molecule has 4 heterocycles. The predicted molar refractivity (Wildman–Crippen MR) is 122 cm³/mol. The van der Waals surface area contributed by atoms with Gasteiger partial charge in [-0.25, -0.2) is 0 Å². The van der Waals surface area contributed by atoms with E-state index in [1.165, 1.54) is 0 Å². The average Bonchev–Trinajstić information content (AvgIpc) is 3.44. The number of ether oxygens (including phenoxy) is 1. The van der Waals surface area contributed by atoms with E-state index in [4.69, 9.17) is 4.74 Å². The molecule has 3 N–H and O–H groups in total. The molecule has 7 nitrogen and oxygen atoms in total. The lowest BCUT2D eigenvalue weighted by Crippen LogP contribution is -2.35. The molecule has 164 valence electrons. The highest BCUT2D eigenvalue weighted by atomic mass is 35.5. The van der Waals surface area contributed by atoms with Crippen molar-refractivity contribution in [2.75, 3.05) is 38.2 Å². The number of carbonyl (C=O) groups is 2. The smallest absolute Gasteiger partial charge is 0.256 e. The van der Waals surface area contributed by atoms with Crippen molar-refractivity contribution in [2.45, 2.75) is 19.4 Å². The number of amides is 2. The molecule has 8 heteroatoms. The molecule has 1 atom stereocenters. The van der Waals surface area contributed by atoms with E-state index in [0.717, 1.165) is 73.9 Å². The third-order valence-corrected chi connectivity index (χ3v) is 6.09. The number of nitrogens with zero attached hydrogens (tertiary/aromatic N) is 1. The van der Waals surface area contributed by atoms with Gasteiger partial charge in [-0.2, -0.15) is 0 Å². The van der Waals surface area contributed by atoms with Gasteiger partial charge >= 0.3 is 0 Å². The van der Waals surface area contributed by atoms with Gasteiger partial charge in [0, 0.05) is 60.8 Å². The van der Waals surface area contributed by atoms with Crippen LogP contribution in [0.25, 0.3) is 11.6 Å². The predicted octanol–water partition coefficient (Wildman–Crippen LogP) is 2.44. The lowest BCUT2D eigenvalue weighted by molar-refractivity contribution is -0.122. The van der Waals surface area contributed by atoms with Crippen LogP contribution < -0.4 is 10.6 Å². The van der Waals surface area contributed by atoms with Crippen LogP contribution in [0.15, 0.2) is 30.5 Å². The molecule has 0 saturated carbocycles. The third-order valence-electron chi connectivity index (χ3n) is 6.09. The first kappa shape index (κ1) is 21.6. The van der Waals surface area contributed by atoms with Gasteiger partial charge in [-0.1, -0.05) is 6.07 Å². The molecule has 2 amide bonds. The van der Waals surface area contributed by atoms with Crippen LogP contribution in [0, 0.1) is 5.92 Å². The van der Waals surface area contributed by atoms with Gasteiger partial charge in [-0.3, -0.25) is 14.5 Å². The van der Waals surface area contributed by atoms with Crippen molar-refractivity contribution in [3.8, 4) is 0 Å². The minimum Gasteiger partial charge on any atom is -0.379 e. The molecule has 5 rings (SSSR count). The van der Waals surface area contributed by atoms with Crippen LogP contribution in [0.5, 0.6) is 0 Å². The Hall–Kier alpha value is -2.61. The Bertz CT molecular complexity index is 1010. The van der Waals surface area contributed by atoms with Gasteiger partial charge in [0.2, 0.25) is 5.91 Å². The van der Waals surface area contributed by atoms with E-state index in [1.54, 1.807) is 0 Å². The molecule has 3 aliphatic rings. The van der Waals surface area contributed by atoms with E-state index in [-0.39, 0.29) is 30.1 Å². The van der Waals surface area contributed by atoms with E-state index in [2.05, 4.69) is 26.6 Å². The summed E-state index contributed by atoms with van der Waals surface area (Å²) in [5.74, 6) is 0.0604. The molecule has 0 bridgehead atoms. The normalized spacial score (nSPS) is 22.2. The van der Waals surface area contributed by atoms with Gasteiger partial charge in [-0.15, -0.1) is 12.4 Å². The van der Waals surface area contributed by atoms with E-state index < -0.39 is 0 Å². The molecule has 2 saturated heterocycles. The second-order valence-electron chi connectivity index (χ2n) is 8.22. The van der Waals surface area contributed by atoms with Crippen molar-refractivity contribution in [2.24, 2.45) is 5.92 Å². The summed E-state index contributed by atoms with van der Waals surface area (Å²) in [6.45, 7) is 5.03. The van der Waals surface area contributed by atoms with Crippen molar-refractivity contribution >= 4 is 41.6 Å². The SMILES string of the molecule is Cl.O=C1Nc2ccc(CC3CCNC3=O)cc2C1=Cc1c[nH]c(CN2CCOCC2)c1. The number of halogens is 1. The Balaban J connectivity index is 0.00000231. The number of nitrogens with one attached hydrogen (secondary N) is 3. The second-order valence-corrected chi connectivity index (χ2v) is 8.22. The Morgan fingerprint density at radius 2 is 2.00 bits per heavy atom. The van der Waals surface area contributed by atoms with Gasteiger partial charge in [-0.05, 0) is 48.2 Å². The third kappa shape index (κ3) is 4.69. The number of carbonyl (C=O) groups excluding carboxylic acids is 2. The molecule has 0 radical (unpaired) electrons. The van der Waals surface area contributed by atoms with Crippen LogP contribution in [0.4, 0.5) is 5.69 Å². The van der Waals surface area contributed by atoms with E-state index in [1.807, 2.05) is 30.5 Å². The standard InChI is InChI=1S/C23H26N4O3.ClH/c28-22-17(3-4-24-22)9-15-1-2-21-19(11-15)20(23(29)26-21)12-16-10-18(25-13-16)14-27-5-7-30-8-6-27;/h1-2,10-13,17,25H,3-9,14H2,(H,24,28)(H,26,29);1H. The number of hydrogen-bond acceptors (Lipinski definition) is 4. The minimum absolute atomic E-state index is 0. The first-order valence-corrected chi connectivity index (χ1v) is 10.6. The molecular weight excluding hydrogens is 416 g/mol. The van der Waals surface area contributed by atoms with E-state index in [9.17, 15) is 9.59 Å². The molecule has 1 aromatic heterocycles. The Labute approximate surface area is 187 Å². The Morgan fingerprint density at radius 1 is 1.16 bits per heavy atom. The summed E-state index contributed by atoms with van der Waals surface area (Å²) in [4.78, 5) is 30.2. The quantitative estimate of drug-likeness (QED) is 0.621. The lowest BCUT2D eigenvalue weighted by atomic mass is 9.95. The number of hydrogen-bond donors (Lipinski definition) is 3. The number of benzene rings is 1. The summed E-state index contributed by atoms with van der Waals surface area (Å²) >= 11 is 0. The fraction of sp³-hybridized carbons (Fsp3) is 0.391. The molecule has 1 unspecified atom stereocenters. The number of H-pyrrole nitrogens is 1. The van der Waals surface area contributed by atoms with Crippen LogP contribution in [0.1, 0.15) is 28.8 Å². The van der Waals surface area contributed by atoms with Gasteiger partial charge in [0.1, 0.15) is 0 Å². The molecule has 31 heavy (non-hydrogen) atoms. The number of morpholine rings is 1. The van der Waals surface area contributed by atoms with E-state index in [0.29, 0.717) is 12.0 Å². The first-order chi connectivity index (χ1) is 14.7. The summed E-state index contributed by atoms with van der Waals surface area (Å²) in [7, 11) is 0. The molecular formula is C23H27ClN4O3. The molecule has 0 aliphatic carbocycles. The van der Waals surface area contributed by atoms with E-state index >= 15 is 0 Å². The van der Waals surface area contributed by atoms with Crippen molar-refractivity contribution < 1.29 is 14.3 Å². The van der Waals surface area contributed by atoms with Gasteiger partial charge in [0.25, 0.3) is 5.91 Å². The van der Waals surface area contributed by atoms with Crippen LogP contribution in [0.3, 0.4) is 0 Å². The zero-order valence-corrected chi connectivity index (χ0v) is 18.1. The maximum Gasteiger partial charge on any atom is 0.256 e. The zero-order chi connectivity index (χ0) is 20.5. The maximum absolute atomic E-state index is 12.6. The van der Waals surface area contributed by atoms with Crippen molar-refractivity contribution in [3.05, 3.63) is 52.8 Å². The molecule has 2 fully saturated rings. The van der Waals surface area contributed by atoms with Gasteiger partial charge in [0.15, 0.2) is 0 Å². The lowest BCUT2D eigenvalue weighted by Gasteiger charge is -2.25. The highest BCUT2D eigenvalue weighted by molar-refractivity contribution is 6.34.